The molecule has 1 fully saturated rings. The summed E-state index contributed by atoms with van der Waals surface area (Å²) in [6.45, 7) is -0.438. The molecule has 0 aromatic carbocycles. The Bertz CT molecular complexity index is 838. The topological polar surface area (TPSA) is 105 Å². The van der Waals surface area contributed by atoms with Crippen molar-refractivity contribution in [2.24, 2.45) is 0 Å². The van der Waals surface area contributed by atoms with Gasteiger partial charge in [-0.2, -0.15) is 13.2 Å². The van der Waals surface area contributed by atoms with Gasteiger partial charge in [-0.1, -0.05) is 6.07 Å². The summed E-state index contributed by atoms with van der Waals surface area (Å²) in [5, 5.41) is 3.07. The van der Waals surface area contributed by atoms with Crippen LogP contribution in [0.25, 0.3) is 0 Å². The zero-order chi connectivity index (χ0) is 18.9. The fourth-order valence-electron chi connectivity index (χ4n) is 2.38. The van der Waals surface area contributed by atoms with Crippen molar-refractivity contribution in [3.05, 3.63) is 54.2 Å². The molecule has 1 atom stereocenters. The number of hydrogen-bond donors (Lipinski definition) is 2. The van der Waals surface area contributed by atoms with Crippen LogP contribution in [0.2, 0.25) is 0 Å². The Labute approximate surface area is 144 Å². The van der Waals surface area contributed by atoms with Crippen molar-refractivity contribution >= 4 is 17.8 Å². The standard InChI is InChI=1S/C15H11F3N4O4/c16-15(17,18)14(20-11(23)10-4-2-6-26-10)12(24)22(13(25)21-14)8-9-3-1-5-19-7-9/h1-7H,8H2,(H,20,23)(H,21,25). The summed E-state index contributed by atoms with van der Waals surface area (Å²) in [6, 6.07) is 4.11. The minimum absolute atomic E-state index is 0.339. The van der Waals surface area contributed by atoms with Crippen molar-refractivity contribution < 1.29 is 32.0 Å². The highest BCUT2D eigenvalue weighted by Crippen LogP contribution is 2.34. The molecule has 0 aliphatic carbocycles. The van der Waals surface area contributed by atoms with Crippen molar-refractivity contribution in [2.45, 2.75) is 18.4 Å². The third-order valence-corrected chi connectivity index (χ3v) is 3.64. The predicted molar refractivity (Wildman–Crippen MR) is 78.3 cm³/mol. The number of carbonyl (C=O) groups excluding carboxylic acids is 3. The molecule has 0 bridgehead atoms. The number of imide groups is 1. The minimum atomic E-state index is -5.29. The van der Waals surface area contributed by atoms with E-state index in [4.69, 9.17) is 4.42 Å². The molecule has 0 radical (unpaired) electrons. The van der Waals surface area contributed by atoms with E-state index < -0.39 is 42.0 Å². The quantitative estimate of drug-likeness (QED) is 0.794. The van der Waals surface area contributed by atoms with Crippen molar-refractivity contribution in [1.82, 2.24) is 20.5 Å². The van der Waals surface area contributed by atoms with E-state index in [2.05, 4.69) is 4.98 Å². The molecular weight excluding hydrogens is 357 g/mol. The van der Waals surface area contributed by atoms with Crippen LogP contribution in [0.4, 0.5) is 18.0 Å². The molecule has 2 N–H and O–H groups in total. The lowest BCUT2D eigenvalue weighted by Crippen LogP contribution is -2.69. The van der Waals surface area contributed by atoms with Crippen LogP contribution < -0.4 is 10.6 Å². The van der Waals surface area contributed by atoms with Crippen LogP contribution in [0.15, 0.2) is 47.3 Å². The highest BCUT2D eigenvalue weighted by molar-refractivity contribution is 6.09. The molecule has 4 amide bonds. The lowest BCUT2D eigenvalue weighted by atomic mass is 10.1. The van der Waals surface area contributed by atoms with Gasteiger partial charge in [-0.05, 0) is 23.8 Å². The number of nitrogens with one attached hydrogen (secondary N) is 2. The molecule has 3 heterocycles. The zero-order valence-corrected chi connectivity index (χ0v) is 12.9. The second kappa shape index (κ2) is 6.17. The highest BCUT2D eigenvalue weighted by Gasteiger charge is 2.68. The molecule has 0 spiro atoms. The van der Waals surface area contributed by atoms with Crippen LogP contribution in [0.3, 0.4) is 0 Å². The van der Waals surface area contributed by atoms with E-state index in [1.54, 1.807) is 0 Å². The number of amides is 4. The molecular formula is C15H11F3N4O4. The summed E-state index contributed by atoms with van der Waals surface area (Å²) in [5.74, 6) is -3.40. The van der Waals surface area contributed by atoms with Gasteiger partial charge in [0, 0.05) is 12.4 Å². The van der Waals surface area contributed by atoms with E-state index in [1.807, 2.05) is 0 Å². The van der Waals surface area contributed by atoms with E-state index >= 15 is 0 Å². The van der Waals surface area contributed by atoms with Crippen molar-refractivity contribution in [2.75, 3.05) is 0 Å². The summed E-state index contributed by atoms with van der Waals surface area (Å²) >= 11 is 0. The summed E-state index contributed by atoms with van der Waals surface area (Å²) in [4.78, 5) is 40.6. The Morgan fingerprint density at radius 3 is 2.65 bits per heavy atom. The Kier molecular flexibility index (Phi) is 4.14. The highest BCUT2D eigenvalue weighted by atomic mass is 19.4. The third-order valence-electron chi connectivity index (χ3n) is 3.64. The summed E-state index contributed by atoms with van der Waals surface area (Å²) in [5.41, 5.74) is -3.25. The van der Waals surface area contributed by atoms with Crippen LogP contribution >= 0.6 is 0 Å². The first-order chi connectivity index (χ1) is 12.2. The molecule has 1 aliphatic rings. The summed E-state index contributed by atoms with van der Waals surface area (Å²) in [7, 11) is 0. The fraction of sp³-hybridized carbons (Fsp3) is 0.200. The summed E-state index contributed by atoms with van der Waals surface area (Å²) < 4.78 is 45.6. The van der Waals surface area contributed by atoms with E-state index in [0.29, 0.717) is 10.5 Å². The zero-order valence-electron chi connectivity index (χ0n) is 12.9. The molecule has 2 aromatic rings. The second-order valence-electron chi connectivity index (χ2n) is 5.36. The van der Waals surface area contributed by atoms with Crippen molar-refractivity contribution in [3.63, 3.8) is 0 Å². The van der Waals surface area contributed by atoms with Crippen molar-refractivity contribution in [3.8, 4) is 0 Å². The third kappa shape index (κ3) is 2.87. The number of urea groups is 1. The Morgan fingerprint density at radius 2 is 2.08 bits per heavy atom. The normalized spacial score (nSPS) is 20.2. The predicted octanol–water partition coefficient (Wildman–Crippen LogP) is 1.42. The molecule has 136 valence electrons. The first-order valence-electron chi connectivity index (χ1n) is 7.20. The maximum atomic E-state index is 13.6. The lowest BCUT2D eigenvalue weighted by Gasteiger charge is -2.29. The summed E-state index contributed by atoms with van der Waals surface area (Å²) in [6.07, 6.45) is -1.47. The largest absolute Gasteiger partial charge is 0.459 e. The smallest absolute Gasteiger partial charge is 0.440 e. The maximum absolute atomic E-state index is 13.6. The number of rotatable bonds is 4. The van der Waals surface area contributed by atoms with Gasteiger partial charge >= 0.3 is 12.2 Å². The number of alkyl halides is 3. The number of furan rings is 1. The van der Waals surface area contributed by atoms with Gasteiger partial charge in [-0.25, -0.2) is 4.79 Å². The Hall–Kier alpha value is -3.37. The Morgan fingerprint density at radius 1 is 1.31 bits per heavy atom. The fourth-order valence-corrected chi connectivity index (χ4v) is 2.38. The first kappa shape index (κ1) is 17.5. The molecule has 26 heavy (non-hydrogen) atoms. The van der Waals surface area contributed by atoms with Gasteiger partial charge in [0.2, 0.25) is 0 Å². The monoisotopic (exact) mass is 368 g/mol. The number of carbonyl (C=O) groups is 3. The van der Waals surface area contributed by atoms with Crippen LogP contribution in [0.5, 0.6) is 0 Å². The molecule has 1 unspecified atom stereocenters. The molecule has 0 saturated carbocycles. The van der Waals surface area contributed by atoms with Gasteiger partial charge < -0.3 is 9.73 Å². The molecule has 1 saturated heterocycles. The number of aromatic nitrogens is 1. The Balaban J connectivity index is 1.91. The lowest BCUT2D eigenvalue weighted by molar-refractivity contribution is -0.200. The first-order valence-corrected chi connectivity index (χ1v) is 7.20. The average molecular weight is 368 g/mol. The van der Waals surface area contributed by atoms with Crippen LogP contribution in [-0.4, -0.2) is 39.6 Å². The average Bonchev–Trinajstić information content (AvgIpc) is 3.19. The molecule has 8 nitrogen and oxygen atoms in total. The van der Waals surface area contributed by atoms with Gasteiger partial charge in [-0.3, -0.25) is 24.8 Å². The number of hydrogen-bond acceptors (Lipinski definition) is 5. The van der Waals surface area contributed by atoms with Crippen LogP contribution in [-0.2, 0) is 11.3 Å². The molecule has 1 aliphatic heterocycles. The molecule has 2 aromatic heterocycles. The number of pyridine rings is 1. The minimum Gasteiger partial charge on any atom is -0.459 e. The molecule has 11 heteroatoms. The second-order valence-corrected chi connectivity index (χ2v) is 5.36. The van der Waals surface area contributed by atoms with E-state index in [0.717, 1.165) is 12.3 Å². The van der Waals surface area contributed by atoms with Gasteiger partial charge in [0.1, 0.15) is 0 Å². The van der Waals surface area contributed by atoms with Gasteiger partial charge in [0.05, 0.1) is 12.8 Å². The molecule has 3 rings (SSSR count). The van der Waals surface area contributed by atoms with E-state index in [1.165, 1.54) is 41.2 Å². The van der Waals surface area contributed by atoms with Crippen LogP contribution in [0.1, 0.15) is 16.1 Å². The van der Waals surface area contributed by atoms with Gasteiger partial charge in [0.25, 0.3) is 17.5 Å². The van der Waals surface area contributed by atoms with Gasteiger partial charge in [0.15, 0.2) is 5.76 Å². The maximum Gasteiger partial charge on any atom is 0.440 e. The SMILES string of the molecule is O=C(NC1(C(F)(F)F)NC(=O)N(Cc2cccnc2)C1=O)c1ccco1. The van der Waals surface area contributed by atoms with Crippen molar-refractivity contribution in [1.29, 1.82) is 0 Å². The number of halogens is 3. The van der Waals surface area contributed by atoms with Gasteiger partial charge in [-0.15, -0.1) is 0 Å². The van der Waals surface area contributed by atoms with Crippen LogP contribution in [0, 0.1) is 0 Å². The van der Waals surface area contributed by atoms with E-state index in [9.17, 15) is 27.6 Å². The van der Waals surface area contributed by atoms with E-state index in [-0.39, 0.29) is 0 Å². The number of nitrogens with zero attached hydrogens (tertiary/aromatic N) is 2.